The lowest BCUT2D eigenvalue weighted by Crippen LogP contribution is -2.19. The third-order valence-electron chi connectivity index (χ3n) is 1.49. The zero-order valence-electron chi connectivity index (χ0n) is 8.76. The SMILES string of the molecule is CO[SiH](C=CC[Si](C)(C)C)OC. The molecule has 4 heteroatoms. The predicted molar refractivity (Wildman–Crippen MR) is 58.5 cm³/mol. The lowest BCUT2D eigenvalue weighted by atomic mass is 10.8. The molecule has 0 heterocycles. The van der Waals surface area contributed by atoms with Gasteiger partial charge in [0.15, 0.2) is 0 Å². The van der Waals surface area contributed by atoms with Gasteiger partial charge in [0.1, 0.15) is 0 Å². The maximum Gasteiger partial charge on any atom is 0.347 e. The van der Waals surface area contributed by atoms with Crippen LogP contribution in [0.25, 0.3) is 0 Å². The Morgan fingerprint density at radius 2 is 1.67 bits per heavy atom. The number of hydrogen-bond donors (Lipinski definition) is 0. The molecule has 0 saturated carbocycles. The molecule has 0 aliphatic heterocycles. The van der Waals surface area contributed by atoms with Crippen molar-refractivity contribution in [2.24, 2.45) is 0 Å². The van der Waals surface area contributed by atoms with Crippen LogP contribution in [-0.2, 0) is 8.85 Å². The molecule has 0 N–H and O–H groups in total. The van der Waals surface area contributed by atoms with Gasteiger partial charge in [-0.1, -0.05) is 25.7 Å². The fourth-order valence-corrected chi connectivity index (χ4v) is 2.77. The summed E-state index contributed by atoms with van der Waals surface area (Å²) in [5.41, 5.74) is 2.11. The molecule has 0 fully saturated rings. The molecule has 0 radical (unpaired) electrons. The second kappa shape index (κ2) is 5.69. The molecule has 12 heavy (non-hydrogen) atoms. The second-order valence-electron chi connectivity index (χ2n) is 4.03. The topological polar surface area (TPSA) is 18.5 Å². The maximum atomic E-state index is 5.16. The minimum atomic E-state index is -1.44. The fraction of sp³-hybridized carbons (Fsp3) is 0.750. The summed E-state index contributed by atoms with van der Waals surface area (Å²) < 4.78 is 10.3. The molecule has 0 bridgehead atoms. The average Bonchev–Trinajstić information content (AvgIpc) is 1.96. The third kappa shape index (κ3) is 6.78. The number of rotatable bonds is 5. The van der Waals surface area contributed by atoms with Crippen LogP contribution in [0.15, 0.2) is 11.8 Å². The van der Waals surface area contributed by atoms with Crippen molar-refractivity contribution in [1.29, 1.82) is 0 Å². The maximum absolute atomic E-state index is 5.16. The van der Waals surface area contributed by atoms with Crippen molar-refractivity contribution in [3.05, 3.63) is 11.8 Å². The Kier molecular flexibility index (Phi) is 5.73. The van der Waals surface area contributed by atoms with Gasteiger partial charge in [-0.05, 0) is 11.7 Å². The highest BCUT2D eigenvalue weighted by molar-refractivity contribution is 6.76. The Morgan fingerprint density at radius 1 is 1.17 bits per heavy atom. The Bertz CT molecular complexity index is 136. The quantitative estimate of drug-likeness (QED) is 0.637. The first-order chi connectivity index (χ1) is 5.49. The van der Waals surface area contributed by atoms with E-state index in [4.69, 9.17) is 8.85 Å². The highest BCUT2D eigenvalue weighted by Gasteiger charge is 2.10. The number of allylic oxidation sites excluding steroid dienone is 1. The molecule has 0 atom stereocenters. The van der Waals surface area contributed by atoms with Crippen molar-refractivity contribution in [1.82, 2.24) is 0 Å². The molecule has 0 aromatic heterocycles. The van der Waals surface area contributed by atoms with E-state index in [1.807, 2.05) is 0 Å². The van der Waals surface area contributed by atoms with Crippen LogP contribution in [0.4, 0.5) is 0 Å². The van der Waals surface area contributed by atoms with E-state index in [-0.39, 0.29) is 0 Å². The molecule has 0 amide bonds. The molecule has 0 unspecified atom stereocenters. The van der Waals surface area contributed by atoms with Gasteiger partial charge in [-0.2, -0.15) is 0 Å². The van der Waals surface area contributed by atoms with Crippen molar-refractivity contribution in [3.63, 3.8) is 0 Å². The Labute approximate surface area is 78.4 Å². The summed E-state index contributed by atoms with van der Waals surface area (Å²) in [6.07, 6.45) is 2.22. The molecule has 0 spiro atoms. The highest BCUT2D eigenvalue weighted by Crippen LogP contribution is 2.08. The minimum absolute atomic E-state index is 0.925. The third-order valence-corrected chi connectivity index (χ3v) is 4.46. The summed E-state index contributed by atoms with van der Waals surface area (Å²) >= 11 is 0. The summed E-state index contributed by atoms with van der Waals surface area (Å²) in [6.45, 7) is 7.06. The van der Waals surface area contributed by atoms with Gasteiger partial charge < -0.3 is 8.85 Å². The van der Waals surface area contributed by atoms with Gasteiger partial charge in [0.25, 0.3) is 0 Å². The van der Waals surface area contributed by atoms with Gasteiger partial charge in [-0.3, -0.25) is 0 Å². The van der Waals surface area contributed by atoms with Crippen LogP contribution in [-0.4, -0.2) is 31.6 Å². The van der Waals surface area contributed by atoms with E-state index in [0.29, 0.717) is 0 Å². The van der Waals surface area contributed by atoms with Crippen LogP contribution in [0.5, 0.6) is 0 Å². The monoisotopic (exact) mass is 204 g/mol. The molecule has 2 nitrogen and oxygen atoms in total. The van der Waals surface area contributed by atoms with Crippen LogP contribution >= 0.6 is 0 Å². The Balaban J connectivity index is 3.74. The summed E-state index contributed by atoms with van der Waals surface area (Å²) in [5, 5.41) is 0. The first-order valence-electron chi connectivity index (χ1n) is 4.22. The lowest BCUT2D eigenvalue weighted by Gasteiger charge is -2.12. The van der Waals surface area contributed by atoms with Gasteiger partial charge in [0.2, 0.25) is 0 Å². The lowest BCUT2D eigenvalue weighted by molar-refractivity contribution is 0.290. The zero-order chi connectivity index (χ0) is 9.61. The van der Waals surface area contributed by atoms with E-state index in [2.05, 4.69) is 31.4 Å². The van der Waals surface area contributed by atoms with Gasteiger partial charge in [-0.25, -0.2) is 0 Å². The van der Waals surface area contributed by atoms with E-state index in [1.54, 1.807) is 14.2 Å². The first kappa shape index (κ1) is 12.1. The largest absolute Gasteiger partial charge is 0.397 e. The van der Waals surface area contributed by atoms with E-state index in [9.17, 15) is 0 Å². The van der Waals surface area contributed by atoms with Crippen molar-refractivity contribution < 1.29 is 8.85 Å². The summed E-state index contributed by atoms with van der Waals surface area (Å²) in [7, 11) is 1.05. The fourth-order valence-electron chi connectivity index (χ4n) is 0.786. The molecule has 0 aromatic carbocycles. The van der Waals surface area contributed by atoms with Crippen molar-refractivity contribution in [2.45, 2.75) is 25.7 Å². The van der Waals surface area contributed by atoms with Crippen molar-refractivity contribution >= 4 is 17.4 Å². The van der Waals surface area contributed by atoms with Crippen molar-refractivity contribution in [2.75, 3.05) is 14.2 Å². The molecule has 0 rings (SSSR count). The Morgan fingerprint density at radius 3 is 2.00 bits per heavy atom. The van der Waals surface area contributed by atoms with E-state index in [1.165, 1.54) is 6.04 Å². The van der Waals surface area contributed by atoms with Gasteiger partial charge >= 0.3 is 9.28 Å². The van der Waals surface area contributed by atoms with Gasteiger partial charge in [-0.15, -0.1) is 0 Å². The summed E-state index contributed by atoms with van der Waals surface area (Å²) in [4.78, 5) is 0. The number of hydrogen-bond acceptors (Lipinski definition) is 2. The highest BCUT2D eigenvalue weighted by atomic mass is 28.3. The van der Waals surface area contributed by atoms with E-state index >= 15 is 0 Å². The van der Waals surface area contributed by atoms with Crippen molar-refractivity contribution in [3.8, 4) is 0 Å². The summed E-state index contributed by atoms with van der Waals surface area (Å²) in [6, 6.07) is 1.21. The van der Waals surface area contributed by atoms with Gasteiger partial charge in [0, 0.05) is 22.3 Å². The second-order valence-corrected chi connectivity index (χ2v) is 11.6. The molecular formula is C8H20O2Si2. The minimum Gasteiger partial charge on any atom is -0.397 e. The summed E-state index contributed by atoms with van der Waals surface area (Å²) in [5.74, 6) is 0. The van der Waals surface area contributed by atoms with Crippen LogP contribution in [0.2, 0.25) is 25.7 Å². The van der Waals surface area contributed by atoms with Crippen LogP contribution in [0.1, 0.15) is 0 Å². The van der Waals surface area contributed by atoms with E-state index in [0.717, 1.165) is 0 Å². The van der Waals surface area contributed by atoms with Crippen LogP contribution < -0.4 is 0 Å². The molecule has 72 valence electrons. The zero-order valence-corrected chi connectivity index (χ0v) is 10.9. The molecule has 0 saturated heterocycles. The first-order valence-corrected chi connectivity index (χ1v) is 9.53. The molecule has 0 aliphatic carbocycles. The Hall–Kier alpha value is 0.0938. The van der Waals surface area contributed by atoms with Crippen LogP contribution in [0.3, 0.4) is 0 Å². The molecule has 0 aliphatic rings. The smallest absolute Gasteiger partial charge is 0.347 e. The average molecular weight is 204 g/mol. The normalized spacial score (nSPS) is 13.2. The van der Waals surface area contributed by atoms with E-state index < -0.39 is 17.4 Å². The van der Waals surface area contributed by atoms with Crippen LogP contribution in [0, 0.1) is 0 Å². The van der Waals surface area contributed by atoms with Gasteiger partial charge in [0.05, 0.1) is 0 Å². The molecule has 0 aromatic rings. The standard InChI is InChI=1S/C8H20O2Si2/c1-9-11(10-2)7-6-8-12(3,4)5/h6-7,11H,8H2,1-5H3. The molecular weight excluding hydrogens is 184 g/mol. The predicted octanol–water partition coefficient (Wildman–Crippen LogP) is 1.93.